The van der Waals surface area contributed by atoms with Crippen LogP contribution < -0.4 is 10.6 Å². The first kappa shape index (κ1) is 14.8. The van der Waals surface area contributed by atoms with Crippen LogP contribution in [0.25, 0.3) is 0 Å². The molecule has 17 heavy (non-hydrogen) atoms. The monoisotopic (exact) mass is 260 g/mol. The van der Waals surface area contributed by atoms with E-state index in [4.69, 9.17) is 4.74 Å². The molecule has 1 heterocycles. The number of carbonyl (C=O) groups excluding carboxylic acids is 1. The maximum Gasteiger partial charge on any atom is 0.221 e. The van der Waals surface area contributed by atoms with E-state index in [0.29, 0.717) is 13.0 Å². The minimum absolute atomic E-state index is 0.127. The summed E-state index contributed by atoms with van der Waals surface area (Å²) in [5.41, 5.74) is 0. The van der Waals surface area contributed by atoms with Gasteiger partial charge in [-0.25, -0.2) is 0 Å². The van der Waals surface area contributed by atoms with Gasteiger partial charge in [0.15, 0.2) is 0 Å². The van der Waals surface area contributed by atoms with Gasteiger partial charge in [0.1, 0.15) is 0 Å². The number of hydrogen-bond donors (Lipinski definition) is 2. The van der Waals surface area contributed by atoms with Crippen molar-refractivity contribution in [2.24, 2.45) is 0 Å². The number of rotatable bonds is 7. The van der Waals surface area contributed by atoms with E-state index in [0.717, 1.165) is 31.1 Å². The van der Waals surface area contributed by atoms with E-state index in [1.807, 2.05) is 11.8 Å². The molecule has 1 amide bonds. The quantitative estimate of drug-likeness (QED) is 0.671. The van der Waals surface area contributed by atoms with Crippen molar-refractivity contribution in [3.63, 3.8) is 0 Å². The van der Waals surface area contributed by atoms with E-state index in [1.54, 1.807) is 0 Å². The SMILES string of the molecule is CCSCCC(C)NC(=O)CC1COCCN1. The molecule has 4 nitrogen and oxygen atoms in total. The molecule has 2 atom stereocenters. The summed E-state index contributed by atoms with van der Waals surface area (Å²) in [4.78, 5) is 11.7. The minimum atomic E-state index is 0.127. The lowest BCUT2D eigenvalue weighted by atomic mass is 10.1. The summed E-state index contributed by atoms with van der Waals surface area (Å²) in [6.07, 6.45) is 1.56. The average molecular weight is 260 g/mol. The zero-order valence-electron chi connectivity index (χ0n) is 10.8. The van der Waals surface area contributed by atoms with Gasteiger partial charge in [-0.3, -0.25) is 4.79 Å². The lowest BCUT2D eigenvalue weighted by molar-refractivity contribution is -0.122. The van der Waals surface area contributed by atoms with Crippen molar-refractivity contribution >= 4 is 17.7 Å². The summed E-state index contributed by atoms with van der Waals surface area (Å²) in [6, 6.07) is 0.451. The van der Waals surface area contributed by atoms with E-state index in [-0.39, 0.29) is 18.0 Å². The van der Waals surface area contributed by atoms with Gasteiger partial charge in [-0.2, -0.15) is 11.8 Å². The molecule has 0 bridgehead atoms. The zero-order valence-corrected chi connectivity index (χ0v) is 11.6. The van der Waals surface area contributed by atoms with Gasteiger partial charge in [-0.1, -0.05) is 6.92 Å². The predicted molar refractivity (Wildman–Crippen MR) is 72.4 cm³/mol. The van der Waals surface area contributed by atoms with Crippen LogP contribution in [0.1, 0.15) is 26.7 Å². The molecule has 0 aromatic carbocycles. The van der Waals surface area contributed by atoms with Crippen LogP contribution >= 0.6 is 11.8 Å². The maximum atomic E-state index is 11.7. The average Bonchev–Trinajstić information content (AvgIpc) is 2.30. The Morgan fingerprint density at radius 3 is 3.12 bits per heavy atom. The highest BCUT2D eigenvalue weighted by Gasteiger charge is 2.17. The predicted octanol–water partition coefficient (Wildman–Crippen LogP) is 1.01. The minimum Gasteiger partial charge on any atom is -0.378 e. The Labute approximate surface area is 108 Å². The molecule has 2 unspecified atom stereocenters. The fourth-order valence-corrected chi connectivity index (χ4v) is 2.59. The molecule has 0 aromatic rings. The smallest absolute Gasteiger partial charge is 0.221 e. The third-order valence-corrected chi connectivity index (χ3v) is 3.67. The van der Waals surface area contributed by atoms with Crippen molar-refractivity contribution in [2.45, 2.75) is 38.8 Å². The van der Waals surface area contributed by atoms with Crippen LogP contribution in [0.4, 0.5) is 0 Å². The van der Waals surface area contributed by atoms with E-state index >= 15 is 0 Å². The van der Waals surface area contributed by atoms with Crippen LogP contribution in [-0.4, -0.2) is 49.3 Å². The first-order valence-electron chi connectivity index (χ1n) is 6.40. The standard InChI is InChI=1S/C12H24N2O2S/c1-3-17-7-4-10(2)14-12(15)8-11-9-16-6-5-13-11/h10-11,13H,3-9H2,1-2H3,(H,14,15). The van der Waals surface area contributed by atoms with E-state index in [1.165, 1.54) is 0 Å². The molecule has 100 valence electrons. The highest BCUT2D eigenvalue weighted by atomic mass is 32.2. The zero-order chi connectivity index (χ0) is 12.5. The topological polar surface area (TPSA) is 50.4 Å². The van der Waals surface area contributed by atoms with Gasteiger partial charge in [-0.05, 0) is 24.9 Å². The van der Waals surface area contributed by atoms with Crippen molar-refractivity contribution in [1.82, 2.24) is 10.6 Å². The summed E-state index contributed by atoms with van der Waals surface area (Å²) >= 11 is 1.92. The highest BCUT2D eigenvalue weighted by Crippen LogP contribution is 2.04. The lowest BCUT2D eigenvalue weighted by Gasteiger charge is -2.24. The van der Waals surface area contributed by atoms with Gasteiger partial charge in [0, 0.05) is 25.0 Å². The first-order valence-corrected chi connectivity index (χ1v) is 7.56. The Kier molecular flexibility index (Phi) is 7.64. The van der Waals surface area contributed by atoms with Crippen molar-refractivity contribution in [3.05, 3.63) is 0 Å². The number of ether oxygens (including phenoxy) is 1. The third-order valence-electron chi connectivity index (χ3n) is 2.74. The van der Waals surface area contributed by atoms with Crippen molar-refractivity contribution in [2.75, 3.05) is 31.3 Å². The fourth-order valence-electron chi connectivity index (χ4n) is 1.78. The van der Waals surface area contributed by atoms with Crippen LogP contribution in [0.3, 0.4) is 0 Å². The summed E-state index contributed by atoms with van der Waals surface area (Å²) in [5.74, 6) is 2.38. The molecular weight excluding hydrogens is 236 g/mol. The Bertz CT molecular complexity index is 221. The second-order valence-electron chi connectivity index (χ2n) is 4.38. The molecule has 1 saturated heterocycles. The normalized spacial score (nSPS) is 22.1. The molecule has 2 N–H and O–H groups in total. The van der Waals surface area contributed by atoms with Gasteiger partial charge >= 0.3 is 0 Å². The molecule has 0 saturated carbocycles. The Balaban J connectivity index is 2.10. The third kappa shape index (κ3) is 6.91. The van der Waals surface area contributed by atoms with Gasteiger partial charge in [-0.15, -0.1) is 0 Å². The van der Waals surface area contributed by atoms with Gasteiger partial charge in [0.25, 0.3) is 0 Å². The Hall–Kier alpha value is -0.260. The molecule has 0 spiro atoms. The molecule has 1 aliphatic rings. The molecule has 0 radical (unpaired) electrons. The number of amides is 1. The second-order valence-corrected chi connectivity index (χ2v) is 5.78. The fraction of sp³-hybridized carbons (Fsp3) is 0.917. The molecule has 0 aromatic heterocycles. The Morgan fingerprint density at radius 2 is 2.47 bits per heavy atom. The number of nitrogens with one attached hydrogen (secondary N) is 2. The summed E-state index contributed by atoms with van der Waals surface area (Å²) < 4.78 is 5.32. The van der Waals surface area contributed by atoms with E-state index < -0.39 is 0 Å². The van der Waals surface area contributed by atoms with Crippen LogP contribution in [0.15, 0.2) is 0 Å². The van der Waals surface area contributed by atoms with Crippen LogP contribution in [0, 0.1) is 0 Å². The van der Waals surface area contributed by atoms with Crippen molar-refractivity contribution in [1.29, 1.82) is 0 Å². The number of carbonyl (C=O) groups is 1. The number of morpholine rings is 1. The van der Waals surface area contributed by atoms with E-state index in [9.17, 15) is 4.79 Å². The van der Waals surface area contributed by atoms with Gasteiger partial charge in [0.2, 0.25) is 5.91 Å². The Morgan fingerprint density at radius 1 is 1.65 bits per heavy atom. The summed E-state index contributed by atoms with van der Waals surface area (Å²) in [5, 5.41) is 6.32. The second kappa shape index (κ2) is 8.78. The molecule has 5 heteroatoms. The van der Waals surface area contributed by atoms with Crippen LogP contribution in [0.5, 0.6) is 0 Å². The molecule has 1 rings (SSSR count). The largest absolute Gasteiger partial charge is 0.378 e. The first-order chi connectivity index (χ1) is 8.22. The molecular formula is C12H24N2O2S. The van der Waals surface area contributed by atoms with Crippen molar-refractivity contribution < 1.29 is 9.53 Å². The van der Waals surface area contributed by atoms with Crippen LogP contribution in [-0.2, 0) is 9.53 Å². The summed E-state index contributed by atoms with van der Waals surface area (Å²) in [6.45, 7) is 6.47. The van der Waals surface area contributed by atoms with E-state index in [2.05, 4.69) is 24.5 Å². The number of thioether (sulfide) groups is 1. The number of hydrogen-bond acceptors (Lipinski definition) is 4. The summed E-state index contributed by atoms with van der Waals surface area (Å²) in [7, 11) is 0. The molecule has 0 aliphatic carbocycles. The maximum absolute atomic E-state index is 11.7. The van der Waals surface area contributed by atoms with Gasteiger partial charge in [0.05, 0.1) is 13.2 Å². The molecule has 1 aliphatic heterocycles. The van der Waals surface area contributed by atoms with Crippen molar-refractivity contribution in [3.8, 4) is 0 Å². The highest BCUT2D eigenvalue weighted by molar-refractivity contribution is 7.99. The van der Waals surface area contributed by atoms with Gasteiger partial charge < -0.3 is 15.4 Å². The van der Waals surface area contributed by atoms with Crippen LogP contribution in [0.2, 0.25) is 0 Å². The molecule has 1 fully saturated rings. The lowest BCUT2D eigenvalue weighted by Crippen LogP contribution is -2.45.